The molecule has 0 aliphatic rings. The summed E-state index contributed by atoms with van der Waals surface area (Å²) in [6, 6.07) is -0.945. The minimum atomic E-state index is -1.65. The topological polar surface area (TPSA) is 556 Å². The number of aliphatic hydroxyl groups is 1. The lowest BCUT2D eigenvalue weighted by Crippen LogP contribution is -2.61. The molecule has 35 nitrogen and oxygen atoms in total. The van der Waals surface area contributed by atoms with Crippen molar-refractivity contribution < 1.29 is 82.4 Å². The summed E-state index contributed by atoms with van der Waals surface area (Å²) in [7, 11) is 3.27. The maximum Gasteiger partial charge on any atom is 0.305 e. The first-order valence-electron chi connectivity index (χ1n) is 34.6. The number of likely N-dealkylation sites (N-methyl/N-ethyl adjacent to an activating group) is 2. The predicted molar refractivity (Wildman–Crippen MR) is 395 cm³/mol. The standard InChI is InChI=1S/C69H100N18O17S2/c1-10-74-62(97)52(84-64(99)47(72-9)26-56(92)93)31-105-106-32-53(68(103)87-58(37(8)88)59(71)94)85-65(100)50(24-39-28-76-45-18-14-12-16-42(39)45)83-69(104)57(36(6)7)86-67(102)49(22-35(4)5)82-63(98)46(19-20-55(90)91)79-54(89)30-77-61(96)48(21-34(2)3)81-66(101)51(25-40-29-73-33-78-40)80-60(95)43(70)23-38-27-75-44-17-13-11-15-41(38)44/h11-18,27-29,33-37,43,46-53,57-58,72,75-76,88H,10,19-26,30-32,70H2,1-9H3,(H2,71,94)(H,73,78)(H,74,97)(H,77,96)(H,79,89)(H,80,95)(H,81,101)(H,82,98)(H,83,104)(H,84,99)(H,85,100)(H,86,102)(H,87,103)(H,90,91)(H,92,93)/t37-,43-,46-,47-,48-,49-,50-,51-,52-,53-,57?,58-/m0/s1. The van der Waals surface area contributed by atoms with E-state index in [1.54, 1.807) is 85.1 Å². The van der Waals surface area contributed by atoms with Gasteiger partial charge < -0.3 is 106 Å². The third-order valence-electron chi connectivity index (χ3n) is 16.7. The van der Waals surface area contributed by atoms with E-state index in [0.29, 0.717) is 22.2 Å². The molecule has 0 saturated heterocycles. The van der Waals surface area contributed by atoms with E-state index in [1.807, 2.05) is 24.3 Å². The number of fused-ring (bicyclic) bond motifs is 2. The fraction of sp³-hybridized carbons (Fsp3) is 0.522. The van der Waals surface area contributed by atoms with Gasteiger partial charge in [-0.1, -0.05) is 99.5 Å². The number of carboxylic acid groups (broad SMARTS) is 2. The van der Waals surface area contributed by atoms with Gasteiger partial charge in [0.1, 0.15) is 54.4 Å². The zero-order chi connectivity index (χ0) is 78.5. The third-order valence-corrected chi connectivity index (χ3v) is 19.2. The van der Waals surface area contributed by atoms with E-state index in [9.17, 15) is 82.4 Å². The van der Waals surface area contributed by atoms with Gasteiger partial charge >= 0.3 is 11.9 Å². The summed E-state index contributed by atoms with van der Waals surface area (Å²) in [6.07, 6.45) is 2.69. The molecule has 5 aromatic rings. The van der Waals surface area contributed by atoms with Crippen molar-refractivity contribution in [3.05, 3.63) is 90.3 Å². The first kappa shape index (κ1) is 86.5. The monoisotopic (exact) mass is 1520 g/mol. The lowest BCUT2D eigenvalue weighted by molar-refractivity contribution is -0.140. The van der Waals surface area contributed by atoms with Crippen LogP contribution in [0.25, 0.3) is 21.8 Å². The van der Waals surface area contributed by atoms with E-state index in [4.69, 9.17) is 11.5 Å². The normalized spacial score (nSPS) is 14.8. The minimum Gasteiger partial charge on any atom is -0.481 e. The van der Waals surface area contributed by atoms with Crippen molar-refractivity contribution in [2.24, 2.45) is 29.2 Å². The molecule has 0 spiro atoms. The number of nitrogens with two attached hydrogens (primary N) is 2. The number of aromatic amines is 3. The van der Waals surface area contributed by atoms with Crippen molar-refractivity contribution in [3.63, 3.8) is 0 Å². The highest BCUT2D eigenvalue weighted by atomic mass is 33.1. The number of nitrogens with zero attached hydrogens (tertiary/aromatic N) is 1. The van der Waals surface area contributed by atoms with Gasteiger partial charge in [0.25, 0.3) is 0 Å². The molecule has 22 N–H and O–H groups in total. The number of rotatable bonds is 46. The van der Waals surface area contributed by atoms with Crippen LogP contribution in [0.5, 0.6) is 0 Å². The summed E-state index contributed by atoms with van der Waals surface area (Å²) in [5, 5.41) is 62.0. The first-order chi connectivity index (χ1) is 50.2. The van der Waals surface area contributed by atoms with Gasteiger partial charge in [-0.3, -0.25) is 67.1 Å². The molecule has 12 atom stereocenters. The lowest BCUT2D eigenvalue weighted by Gasteiger charge is -2.29. The second-order valence-electron chi connectivity index (χ2n) is 26.7. The summed E-state index contributed by atoms with van der Waals surface area (Å²) in [5.41, 5.74) is 15.2. The fourth-order valence-electron chi connectivity index (χ4n) is 11.2. The van der Waals surface area contributed by atoms with Crippen molar-refractivity contribution >= 4 is 126 Å². The number of benzene rings is 2. The molecule has 2 aromatic carbocycles. The molecule has 12 amide bonds. The highest BCUT2D eigenvalue weighted by Gasteiger charge is 2.38. The number of hydrogen-bond donors (Lipinski definition) is 20. The van der Waals surface area contributed by atoms with Crippen molar-refractivity contribution in [1.82, 2.24) is 83.7 Å². The Balaban J connectivity index is 1.33. The Kier molecular flexibility index (Phi) is 34.9. The molecule has 0 fully saturated rings. The number of primary amides is 1. The molecule has 0 bridgehead atoms. The number of carboxylic acids is 2. The number of carbonyl (C=O) groups excluding carboxylic acids is 12. The number of aliphatic hydroxyl groups excluding tert-OH is 1. The van der Waals surface area contributed by atoms with Crippen LogP contribution >= 0.6 is 21.6 Å². The second-order valence-corrected chi connectivity index (χ2v) is 29.2. The van der Waals surface area contributed by atoms with Gasteiger partial charge in [0, 0.05) is 83.4 Å². The molecule has 3 aromatic heterocycles. The van der Waals surface area contributed by atoms with Gasteiger partial charge in [0.05, 0.1) is 37.5 Å². The van der Waals surface area contributed by atoms with Crippen LogP contribution in [-0.4, -0.2) is 222 Å². The van der Waals surface area contributed by atoms with Crippen LogP contribution in [0.3, 0.4) is 0 Å². The number of aromatic nitrogens is 4. The van der Waals surface area contributed by atoms with Crippen molar-refractivity contribution in [2.45, 2.75) is 179 Å². The predicted octanol–water partition coefficient (Wildman–Crippen LogP) is -1.73. The van der Waals surface area contributed by atoms with E-state index < -0.39 is 187 Å². The van der Waals surface area contributed by atoms with Gasteiger partial charge in [-0.25, -0.2) is 4.98 Å². The van der Waals surface area contributed by atoms with Crippen molar-refractivity contribution in [1.29, 1.82) is 0 Å². The zero-order valence-electron chi connectivity index (χ0n) is 60.5. The maximum absolute atomic E-state index is 14.9. The minimum absolute atomic E-state index is 0.0527. The molecule has 0 aliphatic carbocycles. The van der Waals surface area contributed by atoms with E-state index in [0.717, 1.165) is 38.1 Å². The van der Waals surface area contributed by atoms with Gasteiger partial charge in [0.2, 0.25) is 70.9 Å². The molecule has 5 rings (SSSR count). The Morgan fingerprint density at radius 1 is 0.509 bits per heavy atom. The van der Waals surface area contributed by atoms with E-state index in [1.165, 1.54) is 26.5 Å². The summed E-state index contributed by atoms with van der Waals surface area (Å²) >= 11 is 0. The van der Waals surface area contributed by atoms with E-state index in [2.05, 4.69) is 83.7 Å². The summed E-state index contributed by atoms with van der Waals surface area (Å²) in [5.74, 6) is -15.0. The van der Waals surface area contributed by atoms with Gasteiger partial charge in [0.15, 0.2) is 0 Å². The zero-order valence-corrected chi connectivity index (χ0v) is 62.2. The number of para-hydroxylation sites is 2. The number of amides is 12. The number of H-pyrrole nitrogens is 3. The third kappa shape index (κ3) is 27.7. The Hall–Kier alpha value is -10.1. The SMILES string of the molecule is CCNC(=O)[C@H](CSSC[C@H](NC(=O)[C@H](Cc1c[nH]c2ccccc12)NC(=O)C(NC(=O)[C@H](CC(C)C)NC(=O)[C@H](CCC(=O)O)NC(=O)CNC(=O)[C@H](CC(C)C)NC(=O)[C@H](Cc1cnc[nH]1)NC(=O)[C@@H](N)Cc1c[nH]c2ccccc12)C(C)C)C(=O)N[C@H](C(N)=O)[C@H](C)O)NC(=O)[C@H](CC(=O)O)NC. The quantitative estimate of drug-likeness (QED) is 0.0152. The van der Waals surface area contributed by atoms with Crippen molar-refractivity contribution in [3.8, 4) is 0 Å². The molecule has 37 heteroatoms. The Morgan fingerprint density at radius 2 is 0.972 bits per heavy atom. The summed E-state index contributed by atoms with van der Waals surface area (Å²) in [4.78, 5) is 204. The summed E-state index contributed by atoms with van der Waals surface area (Å²) < 4.78 is 0. The Labute approximate surface area is 620 Å². The number of hydrogen-bond acceptors (Lipinski definition) is 20. The van der Waals surface area contributed by atoms with E-state index in [-0.39, 0.29) is 62.0 Å². The number of carbonyl (C=O) groups is 14. The first-order valence-corrected chi connectivity index (χ1v) is 37.1. The molecule has 3 heterocycles. The highest BCUT2D eigenvalue weighted by molar-refractivity contribution is 8.76. The number of imidazole rings is 1. The summed E-state index contributed by atoms with van der Waals surface area (Å²) in [6.45, 7) is 12.4. The van der Waals surface area contributed by atoms with Crippen LogP contribution in [0.4, 0.5) is 0 Å². The van der Waals surface area contributed by atoms with Gasteiger partial charge in [-0.05, 0) is 87.6 Å². The molecule has 580 valence electrons. The van der Waals surface area contributed by atoms with Crippen LogP contribution < -0.4 is 75.3 Å². The van der Waals surface area contributed by atoms with Gasteiger partial charge in [-0.2, -0.15) is 0 Å². The fourth-order valence-corrected chi connectivity index (χ4v) is 13.5. The Bertz CT molecular complexity index is 3850. The Morgan fingerprint density at radius 3 is 1.47 bits per heavy atom. The lowest BCUT2D eigenvalue weighted by atomic mass is 9.98. The second kappa shape index (κ2) is 42.7. The maximum atomic E-state index is 14.9. The molecule has 0 aliphatic heterocycles. The number of aliphatic carboxylic acids is 2. The molecule has 106 heavy (non-hydrogen) atoms. The molecule has 1 unspecified atom stereocenters. The van der Waals surface area contributed by atoms with Crippen LogP contribution in [0, 0.1) is 17.8 Å². The number of nitrogens with one attached hydrogen (secondary N) is 15. The van der Waals surface area contributed by atoms with Crippen LogP contribution in [0.15, 0.2) is 73.4 Å². The molecular weight excluding hydrogens is 1420 g/mol. The average molecular weight is 1520 g/mol. The largest absolute Gasteiger partial charge is 0.481 e. The van der Waals surface area contributed by atoms with Crippen LogP contribution in [-0.2, 0) is 86.4 Å². The molecule has 0 saturated carbocycles. The van der Waals surface area contributed by atoms with Crippen LogP contribution in [0.2, 0.25) is 0 Å². The molecular formula is C69H100N18O17S2. The average Bonchev–Trinajstić information content (AvgIpc) is 1.67. The van der Waals surface area contributed by atoms with Crippen molar-refractivity contribution in [2.75, 3.05) is 31.6 Å². The molecule has 0 radical (unpaired) electrons. The van der Waals surface area contributed by atoms with E-state index >= 15 is 0 Å². The highest BCUT2D eigenvalue weighted by Crippen LogP contribution is 2.25. The van der Waals surface area contributed by atoms with Crippen LogP contribution in [0.1, 0.15) is 104 Å². The smallest absolute Gasteiger partial charge is 0.305 e. The van der Waals surface area contributed by atoms with Gasteiger partial charge in [-0.15, -0.1) is 0 Å².